The molecule has 7 heteroatoms. The second-order valence-corrected chi connectivity index (χ2v) is 6.16. The molecule has 0 unspecified atom stereocenters. The van der Waals surface area contributed by atoms with Gasteiger partial charge < -0.3 is 14.9 Å². The van der Waals surface area contributed by atoms with E-state index in [1.165, 1.54) is 18.2 Å². The Morgan fingerprint density at radius 3 is 1.96 bits per heavy atom. The highest BCUT2D eigenvalue weighted by Crippen LogP contribution is 2.12. The third-order valence-corrected chi connectivity index (χ3v) is 4.34. The SMILES string of the molecule is Cc1ccc(C(=O)N2CCN(C(=O)c3cccc(C(=O)O)n3)CC2)cc1. The summed E-state index contributed by atoms with van der Waals surface area (Å²) in [5, 5.41) is 8.99. The zero-order valence-electron chi connectivity index (χ0n) is 14.4. The average Bonchev–Trinajstić information content (AvgIpc) is 2.67. The number of aryl methyl sites for hydroxylation is 1. The molecule has 1 aliphatic rings. The Morgan fingerprint density at radius 1 is 0.846 bits per heavy atom. The number of aromatic nitrogens is 1. The lowest BCUT2D eigenvalue weighted by molar-refractivity contribution is 0.0531. The van der Waals surface area contributed by atoms with Crippen LogP contribution < -0.4 is 0 Å². The summed E-state index contributed by atoms with van der Waals surface area (Å²) in [6.07, 6.45) is 0. The molecule has 134 valence electrons. The number of piperazine rings is 1. The summed E-state index contributed by atoms with van der Waals surface area (Å²) in [7, 11) is 0. The van der Waals surface area contributed by atoms with Crippen LogP contribution in [0.25, 0.3) is 0 Å². The number of carboxylic acid groups (broad SMARTS) is 1. The van der Waals surface area contributed by atoms with Crippen molar-refractivity contribution < 1.29 is 19.5 Å². The molecule has 0 saturated carbocycles. The van der Waals surface area contributed by atoms with Crippen molar-refractivity contribution in [3.8, 4) is 0 Å². The van der Waals surface area contributed by atoms with Crippen LogP contribution in [-0.2, 0) is 0 Å². The van der Waals surface area contributed by atoms with Gasteiger partial charge in [-0.25, -0.2) is 9.78 Å². The predicted molar refractivity (Wildman–Crippen MR) is 94.2 cm³/mol. The molecular weight excluding hydrogens is 334 g/mol. The third-order valence-electron chi connectivity index (χ3n) is 4.34. The minimum atomic E-state index is -1.17. The second-order valence-electron chi connectivity index (χ2n) is 6.16. The minimum absolute atomic E-state index is 0.0527. The monoisotopic (exact) mass is 353 g/mol. The fourth-order valence-electron chi connectivity index (χ4n) is 2.83. The molecular formula is C19H19N3O4. The first-order valence-corrected chi connectivity index (χ1v) is 8.31. The van der Waals surface area contributed by atoms with Crippen molar-refractivity contribution in [2.75, 3.05) is 26.2 Å². The van der Waals surface area contributed by atoms with Crippen molar-refractivity contribution >= 4 is 17.8 Å². The summed E-state index contributed by atoms with van der Waals surface area (Å²) < 4.78 is 0. The number of nitrogens with zero attached hydrogens (tertiary/aromatic N) is 3. The van der Waals surface area contributed by atoms with E-state index in [-0.39, 0.29) is 23.2 Å². The van der Waals surface area contributed by atoms with Gasteiger partial charge in [-0.1, -0.05) is 23.8 Å². The molecule has 0 aliphatic carbocycles. The highest BCUT2D eigenvalue weighted by Gasteiger charge is 2.26. The molecule has 2 aromatic rings. The lowest BCUT2D eigenvalue weighted by Gasteiger charge is -2.34. The van der Waals surface area contributed by atoms with E-state index in [0.29, 0.717) is 31.7 Å². The molecule has 1 aromatic carbocycles. The van der Waals surface area contributed by atoms with Crippen molar-refractivity contribution in [1.82, 2.24) is 14.8 Å². The summed E-state index contributed by atoms with van der Waals surface area (Å²) in [6.45, 7) is 3.59. The molecule has 26 heavy (non-hydrogen) atoms. The number of benzene rings is 1. The van der Waals surface area contributed by atoms with Gasteiger partial charge in [-0.15, -0.1) is 0 Å². The van der Waals surface area contributed by atoms with Crippen LogP contribution in [0.2, 0.25) is 0 Å². The Hall–Kier alpha value is -3.22. The van der Waals surface area contributed by atoms with Crippen molar-refractivity contribution in [3.63, 3.8) is 0 Å². The summed E-state index contributed by atoms with van der Waals surface area (Å²) in [5.41, 5.74) is 1.66. The first kappa shape index (κ1) is 17.6. The smallest absolute Gasteiger partial charge is 0.354 e. The normalized spacial score (nSPS) is 14.2. The number of carboxylic acids is 1. The zero-order chi connectivity index (χ0) is 18.7. The highest BCUT2D eigenvalue weighted by atomic mass is 16.4. The number of aromatic carboxylic acids is 1. The first-order valence-electron chi connectivity index (χ1n) is 8.31. The van der Waals surface area contributed by atoms with Crippen molar-refractivity contribution in [2.24, 2.45) is 0 Å². The fourth-order valence-corrected chi connectivity index (χ4v) is 2.83. The topological polar surface area (TPSA) is 90.8 Å². The summed E-state index contributed by atoms with van der Waals surface area (Å²) >= 11 is 0. The average molecular weight is 353 g/mol. The van der Waals surface area contributed by atoms with Gasteiger partial charge in [-0.05, 0) is 31.2 Å². The maximum absolute atomic E-state index is 12.5. The Bertz CT molecular complexity index is 840. The van der Waals surface area contributed by atoms with Crippen LogP contribution in [0, 0.1) is 6.92 Å². The van der Waals surface area contributed by atoms with Gasteiger partial charge in [0.15, 0.2) is 0 Å². The zero-order valence-corrected chi connectivity index (χ0v) is 14.4. The first-order chi connectivity index (χ1) is 12.5. The standard InChI is InChI=1S/C19H19N3O4/c1-13-5-7-14(8-6-13)17(23)21-9-11-22(12-10-21)18(24)15-3-2-4-16(20-15)19(25)26/h2-8H,9-12H2,1H3,(H,25,26). The lowest BCUT2D eigenvalue weighted by atomic mass is 10.1. The molecule has 0 spiro atoms. The quantitative estimate of drug-likeness (QED) is 0.907. The number of hydrogen-bond donors (Lipinski definition) is 1. The largest absolute Gasteiger partial charge is 0.477 e. The van der Waals surface area contributed by atoms with Gasteiger partial charge >= 0.3 is 5.97 Å². The van der Waals surface area contributed by atoms with Gasteiger partial charge in [0.25, 0.3) is 11.8 Å². The molecule has 1 aliphatic heterocycles. The van der Waals surface area contributed by atoms with E-state index in [0.717, 1.165) is 5.56 Å². The fraction of sp³-hybridized carbons (Fsp3) is 0.263. The van der Waals surface area contributed by atoms with Crippen LogP contribution in [-0.4, -0.2) is 63.9 Å². The van der Waals surface area contributed by atoms with Crippen LogP contribution in [0.5, 0.6) is 0 Å². The van der Waals surface area contributed by atoms with E-state index >= 15 is 0 Å². The minimum Gasteiger partial charge on any atom is -0.477 e. The van der Waals surface area contributed by atoms with Gasteiger partial charge in [-0.3, -0.25) is 9.59 Å². The molecule has 0 bridgehead atoms. The molecule has 3 rings (SSSR count). The number of rotatable bonds is 3. The Labute approximate surface area is 150 Å². The Balaban J connectivity index is 1.63. The number of hydrogen-bond acceptors (Lipinski definition) is 4. The van der Waals surface area contributed by atoms with E-state index < -0.39 is 5.97 Å². The molecule has 1 aromatic heterocycles. The van der Waals surface area contributed by atoms with E-state index in [4.69, 9.17) is 5.11 Å². The number of amides is 2. The molecule has 2 heterocycles. The highest BCUT2D eigenvalue weighted by molar-refractivity contribution is 5.96. The predicted octanol–water partition coefficient (Wildman–Crippen LogP) is 1.69. The van der Waals surface area contributed by atoms with Crippen molar-refractivity contribution in [3.05, 3.63) is 65.0 Å². The lowest BCUT2D eigenvalue weighted by Crippen LogP contribution is -2.50. The van der Waals surface area contributed by atoms with Gasteiger partial charge in [-0.2, -0.15) is 0 Å². The Kier molecular flexibility index (Phi) is 4.97. The molecule has 1 fully saturated rings. The summed E-state index contributed by atoms with van der Waals surface area (Å²) in [5.74, 6) is -1.55. The summed E-state index contributed by atoms with van der Waals surface area (Å²) in [4.78, 5) is 43.2. The van der Waals surface area contributed by atoms with Crippen LogP contribution in [0.4, 0.5) is 0 Å². The van der Waals surface area contributed by atoms with Gasteiger partial charge in [0.2, 0.25) is 0 Å². The molecule has 0 atom stereocenters. The third kappa shape index (κ3) is 3.72. The number of carbonyl (C=O) groups excluding carboxylic acids is 2. The van der Waals surface area contributed by atoms with Gasteiger partial charge in [0.05, 0.1) is 0 Å². The van der Waals surface area contributed by atoms with E-state index in [1.54, 1.807) is 21.9 Å². The number of carbonyl (C=O) groups is 3. The molecule has 0 radical (unpaired) electrons. The second kappa shape index (κ2) is 7.35. The maximum atomic E-state index is 12.5. The number of pyridine rings is 1. The van der Waals surface area contributed by atoms with Crippen LogP contribution >= 0.6 is 0 Å². The maximum Gasteiger partial charge on any atom is 0.354 e. The van der Waals surface area contributed by atoms with Crippen LogP contribution in [0.3, 0.4) is 0 Å². The molecule has 2 amide bonds. The van der Waals surface area contributed by atoms with Gasteiger partial charge in [0, 0.05) is 31.7 Å². The molecule has 7 nitrogen and oxygen atoms in total. The van der Waals surface area contributed by atoms with Crippen molar-refractivity contribution in [2.45, 2.75) is 6.92 Å². The van der Waals surface area contributed by atoms with Crippen molar-refractivity contribution in [1.29, 1.82) is 0 Å². The molecule has 1 saturated heterocycles. The van der Waals surface area contributed by atoms with Crippen LogP contribution in [0.1, 0.15) is 36.9 Å². The van der Waals surface area contributed by atoms with E-state index in [1.807, 2.05) is 19.1 Å². The van der Waals surface area contributed by atoms with E-state index in [2.05, 4.69) is 4.98 Å². The molecule has 1 N–H and O–H groups in total. The Morgan fingerprint density at radius 2 is 1.38 bits per heavy atom. The van der Waals surface area contributed by atoms with Gasteiger partial charge in [0.1, 0.15) is 11.4 Å². The van der Waals surface area contributed by atoms with Crippen LogP contribution in [0.15, 0.2) is 42.5 Å². The van der Waals surface area contributed by atoms with E-state index in [9.17, 15) is 14.4 Å². The summed E-state index contributed by atoms with van der Waals surface area (Å²) in [6, 6.07) is 11.7.